The Bertz CT molecular complexity index is 3260. The molecule has 224 valence electrons. The van der Waals surface area contributed by atoms with E-state index in [0.717, 1.165) is 33.0 Å². The second-order valence-electron chi connectivity index (χ2n) is 11.0. The predicted molar refractivity (Wildman–Crippen MR) is 200 cm³/mol. The molecule has 3 nitrogen and oxygen atoms in total. The van der Waals surface area contributed by atoms with Gasteiger partial charge in [-0.15, -0.1) is 0 Å². The molecular formula is C45H29N3. The van der Waals surface area contributed by atoms with Crippen molar-refractivity contribution in [2.75, 3.05) is 0 Å². The SMILES string of the molecule is [2H]c1c([2H])c([2H])c2c(-c3nc(-c4cccc(-c5ccc(-c6ccccc6)c6ccccc56)c4)nc(-c4c([2H])c([2H])c([2H])c5c([2H])c([2H])c([2H])c([2H])c45)n3)c([2H])c([2H])c([2H])c2c1[2H]. The van der Waals surface area contributed by atoms with Crippen LogP contribution in [0.5, 0.6) is 0 Å². The molecule has 8 aromatic carbocycles. The zero-order valence-electron chi connectivity index (χ0n) is 39.0. The lowest BCUT2D eigenvalue weighted by Crippen LogP contribution is -2.01. The zero-order chi connectivity index (χ0) is 44.0. The van der Waals surface area contributed by atoms with E-state index in [9.17, 15) is 0 Å². The van der Waals surface area contributed by atoms with Crippen molar-refractivity contribution in [3.8, 4) is 56.4 Å². The van der Waals surface area contributed by atoms with Crippen LogP contribution >= 0.6 is 0 Å². The quantitative estimate of drug-likeness (QED) is 0.191. The number of nitrogens with zero attached hydrogens (tertiary/aromatic N) is 3. The number of hydrogen-bond donors (Lipinski definition) is 0. The van der Waals surface area contributed by atoms with E-state index in [1.54, 1.807) is 18.2 Å². The summed E-state index contributed by atoms with van der Waals surface area (Å²) in [5, 5.41) is 0.609. The highest BCUT2D eigenvalue weighted by Gasteiger charge is 2.17. The van der Waals surface area contributed by atoms with Gasteiger partial charge in [0.1, 0.15) is 0 Å². The second kappa shape index (κ2) is 11.7. The molecule has 0 amide bonds. The van der Waals surface area contributed by atoms with Crippen molar-refractivity contribution < 1.29 is 19.2 Å². The van der Waals surface area contributed by atoms with Crippen molar-refractivity contribution in [2.24, 2.45) is 0 Å². The fourth-order valence-electron chi connectivity index (χ4n) is 5.94. The smallest absolute Gasteiger partial charge is 0.164 e. The molecule has 9 aromatic rings. The van der Waals surface area contributed by atoms with E-state index < -0.39 is 96.2 Å². The minimum Gasteiger partial charge on any atom is -0.208 e. The minimum absolute atomic E-state index is 0.0956. The number of fused-ring (bicyclic) bond motifs is 3. The molecule has 0 saturated heterocycles. The van der Waals surface area contributed by atoms with Crippen LogP contribution in [0.2, 0.25) is 0 Å². The highest BCUT2D eigenvalue weighted by molar-refractivity contribution is 6.05. The minimum atomic E-state index is -0.679. The first kappa shape index (κ1) is 16.9. The van der Waals surface area contributed by atoms with Gasteiger partial charge in [-0.2, -0.15) is 0 Å². The van der Waals surface area contributed by atoms with Gasteiger partial charge in [0.05, 0.1) is 19.2 Å². The fourth-order valence-corrected chi connectivity index (χ4v) is 5.94. The molecule has 1 heterocycles. The van der Waals surface area contributed by atoms with Crippen LogP contribution in [0, 0.1) is 0 Å². The first-order chi connectivity index (χ1) is 29.6. The van der Waals surface area contributed by atoms with E-state index >= 15 is 0 Å². The molecule has 0 aliphatic rings. The number of aromatic nitrogens is 3. The summed E-state index contributed by atoms with van der Waals surface area (Å²) in [5.74, 6) is -0.908. The second-order valence-corrected chi connectivity index (χ2v) is 11.0. The molecule has 0 unspecified atom stereocenters. The topological polar surface area (TPSA) is 38.7 Å². The average Bonchev–Trinajstić information content (AvgIpc) is 3.29. The molecule has 0 atom stereocenters. The van der Waals surface area contributed by atoms with Crippen LogP contribution in [0.1, 0.15) is 19.2 Å². The normalized spacial score (nSPS) is 15.4. The summed E-state index contributed by atoms with van der Waals surface area (Å²) in [6, 6.07) is 20.1. The Labute approximate surface area is 298 Å². The van der Waals surface area contributed by atoms with Gasteiger partial charge in [-0.25, -0.2) is 15.0 Å². The van der Waals surface area contributed by atoms with Crippen LogP contribution in [0.15, 0.2) is 176 Å². The zero-order valence-corrected chi connectivity index (χ0v) is 25.0. The van der Waals surface area contributed by atoms with Gasteiger partial charge in [0.15, 0.2) is 17.5 Å². The lowest BCUT2D eigenvalue weighted by molar-refractivity contribution is 1.08. The maximum atomic E-state index is 9.10. The number of hydrogen-bond acceptors (Lipinski definition) is 3. The third kappa shape index (κ3) is 4.90. The maximum Gasteiger partial charge on any atom is 0.164 e. The first-order valence-corrected chi connectivity index (χ1v) is 15.1. The third-order valence-corrected chi connectivity index (χ3v) is 8.15. The van der Waals surface area contributed by atoms with Gasteiger partial charge in [-0.3, -0.25) is 0 Å². The number of benzene rings is 8. The van der Waals surface area contributed by atoms with Crippen LogP contribution in [0.4, 0.5) is 0 Å². The molecule has 0 radical (unpaired) electrons. The van der Waals surface area contributed by atoms with Crippen molar-refractivity contribution in [2.45, 2.75) is 0 Å². The molecular weight excluding hydrogens is 583 g/mol. The molecule has 0 aliphatic heterocycles. The Morgan fingerprint density at radius 1 is 0.333 bits per heavy atom. The lowest BCUT2D eigenvalue weighted by Gasteiger charge is -2.14. The van der Waals surface area contributed by atoms with Gasteiger partial charge in [-0.1, -0.05) is 170 Å². The van der Waals surface area contributed by atoms with Gasteiger partial charge >= 0.3 is 0 Å². The molecule has 0 N–H and O–H groups in total. The average molecular weight is 626 g/mol. The number of rotatable bonds is 5. The van der Waals surface area contributed by atoms with E-state index in [-0.39, 0.29) is 38.5 Å². The van der Waals surface area contributed by atoms with Crippen molar-refractivity contribution in [3.05, 3.63) is 176 Å². The molecule has 0 saturated carbocycles. The van der Waals surface area contributed by atoms with Gasteiger partial charge in [0, 0.05) is 16.7 Å². The summed E-state index contributed by atoms with van der Waals surface area (Å²) in [6.45, 7) is 0. The van der Waals surface area contributed by atoms with Crippen molar-refractivity contribution in [1.82, 2.24) is 15.0 Å². The van der Waals surface area contributed by atoms with Crippen molar-refractivity contribution in [3.63, 3.8) is 0 Å². The fraction of sp³-hybridized carbons (Fsp3) is 0. The van der Waals surface area contributed by atoms with E-state index in [1.807, 2.05) is 72.8 Å². The van der Waals surface area contributed by atoms with E-state index in [0.29, 0.717) is 5.56 Å². The molecule has 0 spiro atoms. The molecule has 9 rings (SSSR count). The lowest BCUT2D eigenvalue weighted by atomic mass is 9.91. The van der Waals surface area contributed by atoms with Gasteiger partial charge in [-0.05, 0) is 60.6 Å². The Morgan fingerprint density at radius 3 is 1.44 bits per heavy atom. The molecule has 0 fully saturated rings. The third-order valence-electron chi connectivity index (χ3n) is 8.15. The summed E-state index contributed by atoms with van der Waals surface area (Å²) in [7, 11) is 0. The summed E-state index contributed by atoms with van der Waals surface area (Å²) in [6.07, 6.45) is 0. The Kier molecular flexibility index (Phi) is 4.13. The van der Waals surface area contributed by atoms with Gasteiger partial charge < -0.3 is 0 Å². The Balaban J connectivity index is 1.38. The van der Waals surface area contributed by atoms with Crippen LogP contribution in [0.3, 0.4) is 0 Å². The summed E-state index contributed by atoms with van der Waals surface area (Å²) in [4.78, 5) is 14.1. The maximum absolute atomic E-state index is 9.10. The van der Waals surface area contributed by atoms with E-state index in [4.69, 9.17) is 29.2 Å². The van der Waals surface area contributed by atoms with Crippen LogP contribution < -0.4 is 0 Å². The monoisotopic (exact) mass is 625 g/mol. The van der Waals surface area contributed by atoms with Gasteiger partial charge in [0.2, 0.25) is 0 Å². The molecule has 0 bridgehead atoms. The molecule has 48 heavy (non-hydrogen) atoms. The summed E-state index contributed by atoms with van der Waals surface area (Å²) in [5.41, 5.74) is 3.33. The standard InChI is InChI=1S/C45H29N3/c1-2-13-30(14-3-1)37-27-28-38(40-24-9-8-23-39(37)40)33-19-10-20-34(29-33)43-46-44(41-25-11-17-31-15-4-6-21-35(31)41)48-45(47-43)42-26-12-18-32-16-5-7-22-36(32)42/h1-29H/i4D,5D,6D,7D,11D,12D,15D,16D,17D,18D,21D,22D,25D,26D. The van der Waals surface area contributed by atoms with E-state index in [1.165, 1.54) is 0 Å². The highest BCUT2D eigenvalue weighted by Crippen LogP contribution is 2.37. The van der Waals surface area contributed by atoms with Gasteiger partial charge in [0.25, 0.3) is 0 Å². The summed E-state index contributed by atoms with van der Waals surface area (Å²) < 4.78 is 122. The van der Waals surface area contributed by atoms with Crippen molar-refractivity contribution >= 4 is 32.3 Å². The first-order valence-electron chi connectivity index (χ1n) is 22.1. The molecule has 0 aliphatic carbocycles. The van der Waals surface area contributed by atoms with Crippen LogP contribution in [0.25, 0.3) is 88.7 Å². The Hall–Kier alpha value is -6.45. The Morgan fingerprint density at radius 2 is 0.812 bits per heavy atom. The predicted octanol–water partition coefficient (Wildman–Crippen LogP) is 11.7. The summed E-state index contributed by atoms with van der Waals surface area (Å²) >= 11 is 0. The van der Waals surface area contributed by atoms with Crippen LogP contribution in [-0.2, 0) is 0 Å². The van der Waals surface area contributed by atoms with Crippen LogP contribution in [-0.4, -0.2) is 15.0 Å². The highest BCUT2D eigenvalue weighted by atomic mass is 15.0. The van der Waals surface area contributed by atoms with E-state index in [2.05, 4.69) is 4.98 Å². The molecule has 3 heteroatoms. The largest absolute Gasteiger partial charge is 0.208 e. The molecule has 1 aromatic heterocycles. The van der Waals surface area contributed by atoms with Crippen molar-refractivity contribution in [1.29, 1.82) is 0 Å².